The molecule has 1 saturated heterocycles. The molecule has 372 valence electrons. The Balaban J connectivity index is 0.762. The first-order valence-corrected chi connectivity index (χ1v) is 25.4. The second kappa shape index (κ2) is 19.9. The molecule has 2 fully saturated rings. The molecule has 0 unspecified atom stereocenters. The van der Waals surface area contributed by atoms with Crippen LogP contribution < -0.4 is 15.4 Å². The van der Waals surface area contributed by atoms with Crippen LogP contribution in [0.1, 0.15) is 109 Å². The second-order valence-electron chi connectivity index (χ2n) is 19.4. The highest BCUT2D eigenvalue weighted by molar-refractivity contribution is 7.15. The zero-order valence-corrected chi connectivity index (χ0v) is 42.6. The van der Waals surface area contributed by atoms with Gasteiger partial charge in [-0.15, -0.1) is 21.5 Å². The van der Waals surface area contributed by atoms with Crippen LogP contribution in [0.5, 0.6) is 5.88 Å². The number of aromatic nitrogens is 7. The lowest BCUT2D eigenvalue weighted by atomic mass is 9.89. The molecular weight excluding hydrogens is 954 g/mol. The van der Waals surface area contributed by atoms with E-state index in [1.807, 2.05) is 106 Å². The van der Waals surface area contributed by atoms with Gasteiger partial charge >= 0.3 is 0 Å². The maximum absolute atomic E-state index is 14.4. The minimum atomic E-state index is -0.859. The molecule has 17 nitrogen and oxygen atoms in total. The molecule has 1 saturated carbocycles. The van der Waals surface area contributed by atoms with Crippen LogP contribution in [0.2, 0.25) is 5.02 Å². The van der Waals surface area contributed by atoms with E-state index in [-0.39, 0.29) is 61.2 Å². The van der Waals surface area contributed by atoms with E-state index >= 15 is 0 Å². The number of carbonyl (C=O) groups excluding carboxylic acids is 3. The number of β-amino-alcohol motifs (C(OH)–C–C–N with tert-alkyl or cyclic N) is 1. The Hall–Kier alpha value is -7.02. The maximum Gasteiger partial charge on any atom is 0.248 e. The molecule has 3 N–H and O–H groups in total. The van der Waals surface area contributed by atoms with Crippen LogP contribution >= 0.6 is 22.9 Å². The number of rotatable bonds is 14. The van der Waals surface area contributed by atoms with E-state index in [1.165, 1.54) is 16.2 Å². The number of fused-ring (bicyclic) bond motifs is 3. The van der Waals surface area contributed by atoms with Crippen molar-refractivity contribution in [2.24, 2.45) is 10.9 Å². The maximum atomic E-state index is 14.4. The van der Waals surface area contributed by atoms with Gasteiger partial charge < -0.3 is 29.8 Å². The summed E-state index contributed by atoms with van der Waals surface area (Å²) in [4.78, 5) is 58.5. The fourth-order valence-corrected chi connectivity index (χ4v) is 11.3. The highest BCUT2D eigenvalue weighted by atomic mass is 35.5. The number of carbonyl (C=O) groups is 3. The number of pyridine rings is 1. The number of aliphatic hydroxyl groups is 1. The first kappa shape index (κ1) is 48.6. The van der Waals surface area contributed by atoms with E-state index in [4.69, 9.17) is 25.7 Å². The Bertz CT molecular complexity index is 3190. The zero-order valence-electron chi connectivity index (χ0n) is 41.0. The van der Waals surface area contributed by atoms with Crippen molar-refractivity contribution in [3.8, 4) is 33.3 Å². The van der Waals surface area contributed by atoms with E-state index in [9.17, 15) is 19.5 Å². The first-order valence-electron chi connectivity index (χ1n) is 24.2. The van der Waals surface area contributed by atoms with Crippen LogP contribution in [0.3, 0.4) is 0 Å². The van der Waals surface area contributed by atoms with Gasteiger partial charge in [-0.25, -0.2) is 9.97 Å². The van der Waals surface area contributed by atoms with Crippen molar-refractivity contribution >= 4 is 46.4 Å². The molecule has 0 bridgehead atoms. The average Bonchev–Trinajstić information content (AvgIpc) is 4.19. The highest BCUT2D eigenvalue weighted by Crippen LogP contribution is 2.40. The summed E-state index contributed by atoms with van der Waals surface area (Å²) in [5.41, 5.74) is 7.92. The predicted octanol–water partition coefficient (Wildman–Crippen LogP) is 8.17. The number of nitrogens with one attached hydrogen (secondary N) is 2. The Morgan fingerprint density at radius 3 is 2.40 bits per heavy atom. The number of ether oxygens (including phenoxy) is 1. The molecule has 5 aromatic heterocycles. The van der Waals surface area contributed by atoms with Gasteiger partial charge in [0.1, 0.15) is 35.1 Å². The van der Waals surface area contributed by atoms with Gasteiger partial charge in [0.2, 0.25) is 23.6 Å². The number of aliphatic hydroxyl groups excluding tert-OH is 1. The summed E-state index contributed by atoms with van der Waals surface area (Å²) in [6.45, 7) is 13.8. The number of aliphatic imine (C=N–C) groups is 1. The van der Waals surface area contributed by atoms with E-state index in [0.29, 0.717) is 35.3 Å². The second-order valence-corrected chi connectivity index (χ2v) is 21.0. The molecule has 0 radical (unpaired) electrons. The first-order chi connectivity index (χ1) is 34.6. The van der Waals surface area contributed by atoms with Crippen LogP contribution in [0.15, 0.2) is 95.1 Å². The predicted molar refractivity (Wildman–Crippen MR) is 272 cm³/mol. The summed E-state index contributed by atoms with van der Waals surface area (Å²) in [5, 5.41) is 32.3. The number of hydrogen-bond donors (Lipinski definition) is 3. The summed E-state index contributed by atoms with van der Waals surface area (Å²) in [6.07, 6.45) is 6.98. The third kappa shape index (κ3) is 9.57. The number of halogens is 1. The van der Waals surface area contributed by atoms with Crippen LogP contribution in [0.25, 0.3) is 27.5 Å². The van der Waals surface area contributed by atoms with Crippen molar-refractivity contribution in [1.82, 2.24) is 50.0 Å². The number of oxazole rings is 1. The van der Waals surface area contributed by atoms with Crippen LogP contribution in [0, 0.1) is 33.6 Å². The Morgan fingerprint density at radius 1 is 0.931 bits per heavy atom. The minimum Gasteiger partial charge on any atom is -0.474 e. The Labute approximate surface area is 425 Å². The van der Waals surface area contributed by atoms with E-state index < -0.39 is 24.2 Å². The number of aryl methyl sites for hydroxylation is 3. The molecule has 3 aliphatic rings. The quantitative estimate of drug-likeness (QED) is 0.0947. The van der Waals surface area contributed by atoms with Crippen LogP contribution in [-0.2, 0) is 14.4 Å². The number of benzene rings is 2. The summed E-state index contributed by atoms with van der Waals surface area (Å²) in [5.74, 6) is 1.49. The molecule has 10 rings (SSSR count). The zero-order chi connectivity index (χ0) is 50.5. The lowest BCUT2D eigenvalue weighted by Gasteiger charge is -2.35. The largest absolute Gasteiger partial charge is 0.474 e. The minimum absolute atomic E-state index is 0.0331. The van der Waals surface area contributed by atoms with Crippen molar-refractivity contribution < 1.29 is 28.6 Å². The molecule has 72 heavy (non-hydrogen) atoms. The molecule has 0 spiro atoms. The Morgan fingerprint density at radius 2 is 1.68 bits per heavy atom. The molecule has 7 heterocycles. The van der Waals surface area contributed by atoms with Gasteiger partial charge in [0.15, 0.2) is 18.0 Å². The summed E-state index contributed by atoms with van der Waals surface area (Å²) in [6, 6.07) is 16.4. The molecule has 2 aromatic carbocycles. The van der Waals surface area contributed by atoms with Crippen molar-refractivity contribution in [3.05, 3.63) is 135 Å². The number of hydrogen-bond acceptors (Lipinski definition) is 13. The normalized spacial score (nSPS) is 20.2. The molecule has 5 atom stereocenters. The Kier molecular flexibility index (Phi) is 13.4. The lowest BCUT2D eigenvalue weighted by molar-refractivity contribution is -0.142. The van der Waals surface area contributed by atoms with Gasteiger partial charge in [-0.1, -0.05) is 61.8 Å². The summed E-state index contributed by atoms with van der Waals surface area (Å²) < 4.78 is 15.5. The number of amides is 3. The number of nitrogens with zero attached hydrogens (tertiary/aromatic N) is 9. The molecular formula is C53H56ClN11O6S. The van der Waals surface area contributed by atoms with E-state index in [0.717, 1.165) is 61.2 Å². The summed E-state index contributed by atoms with van der Waals surface area (Å²) >= 11 is 7.95. The number of thiophene rings is 1. The van der Waals surface area contributed by atoms with Gasteiger partial charge in [-0.3, -0.25) is 28.6 Å². The highest BCUT2D eigenvalue weighted by Gasteiger charge is 2.43. The third-order valence-electron chi connectivity index (χ3n) is 14.0. The smallest absolute Gasteiger partial charge is 0.248 e. The lowest BCUT2D eigenvalue weighted by Crippen LogP contribution is -2.49. The topological polar surface area (TPSA) is 208 Å². The van der Waals surface area contributed by atoms with Crippen molar-refractivity contribution in [2.45, 2.75) is 117 Å². The van der Waals surface area contributed by atoms with Gasteiger partial charge in [0.25, 0.3) is 0 Å². The van der Waals surface area contributed by atoms with E-state index in [2.05, 4.69) is 49.7 Å². The molecule has 7 aromatic rings. The number of likely N-dealkylation sites (tertiary alicyclic amines) is 1. The standard InChI is InChI=1S/C53H56ClN11O6S/c1-27(2)48(52(69)63-25-40(66)21-43(63)51(68)58-29(4)33-8-10-35(11-9-33)49-30(5)56-26-70-49)64-24-37(23-57-64)36-16-17-55-45(18-36)71-41-19-39(20-41)59-44(67)22-42-50-62-61-32(7)65(50)53-46(28(3)31(6)72-53)47(60-42)34-12-14-38(54)15-13-34/h8-18,23-24,26-27,29,39-43,48,66H,19-22,25H2,1-7H3,(H,58,68)(H,59,67)/t29-,39?,40+,41?,42-,43-,48+/m0/s1. The molecule has 2 aliphatic heterocycles. The van der Waals surface area contributed by atoms with Gasteiger partial charge in [-0.2, -0.15) is 5.10 Å². The van der Waals surface area contributed by atoms with Crippen LogP contribution in [0.4, 0.5) is 0 Å². The van der Waals surface area contributed by atoms with Crippen molar-refractivity contribution in [3.63, 3.8) is 0 Å². The van der Waals surface area contributed by atoms with Crippen LogP contribution in [-0.4, -0.2) is 98.8 Å². The molecule has 3 amide bonds. The average molecular weight is 1010 g/mol. The fraction of sp³-hybridized carbons (Fsp3) is 0.377. The SMILES string of the molecule is Cc1ncoc1-c1ccc([C@H](C)NC(=O)[C@@H]2C[C@@H](O)CN2C(=O)[C@@H](C(C)C)n2cc(-c3ccnc(OC4CC(NC(=O)C[C@@H]5N=C(c6ccc(Cl)cc6)c6c(sc(C)c6C)-n6c(C)nnc65)C4)c3)cn2)cc1. The molecule has 19 heteroatoms. The van der Waals surface area contributed by atoms with E-state index in [1.54, 1.807) is 28.4 Å². The van der Waals surface area contributed by atoms with Crippen molar-refractivity contribution in [1.29, 1.82) is 0 Å². The van der Waals surface area contributed by atoms with Gasteiger partial charge in [0.05, 0.1) is 36.2 Å². The van der Waals surface area contributed by atoms with Crippen molar-refractivity contribution in [2.75, 3.05) is 6.54 Å². The third-order valence-corrected chi connectivity index (χ3v) is 15.4. The fourth-order valence-electron chi connectivity index (χ4n) is 9.91. The van der Waals surface area contributed by atoms with Gasteiger partial charge in [-0.05, 0) is 75.4 Å². The monoisotopic (exact) mass is 1010 g/mol. The summed E-state index contributed by atoms with van der Waals surface area (Å²) in [7, 11) is 0. The van der Waals surface area contributed by atoms with Gasteiger partial charge in [0, 0.05) is 82.5 Å². The molecule has 1 aliphatic carbocycles.